The lowest BCUT2D eigenvalue weighted by Gasteiger charge is -2.26. The number of rotatable bonds is 4. The van der Waals surface area contributed by atoms with Gasteiger partial charge in [0, 0.05) is 10.0 Å². The summed E-state index contributed by atoms with van der Waals surface area (Å²) in [5, 5.41) is 8.96. The van der Waals surface area contributed by atoms with Gasteiger partial charge in [0.05, 0.1) is 0 Å². The number of benzene rings is 1. The van der Waals surface area contributed by atoms with Gasteiger partial charge in [-0.1, -0.05) is 36.7 Å². The van der Waals surface area contributed by atoms with E-state index in [0.29, 0.717) is 5.76 Å². The van der Waals surface area contributed by atoms with Crippen molar-refractivity contribution < 1.29 is 19.1 Å². The van der Waals surface area contributed by atoms with E-state index in [2.05, 4.69) is 42.8 Å². The number of carboxylic acids is 1. The summed E-state index contributed by atoms with van der Waals surface area (Å²) in [5.41, 5.74) is 2.02. The van der Waals surface area contributed by atoms with E-state index < -0.39 is 5.97 Å². The molecule has 5 heteroatoms. The van der Waals surface area contributed by atoms with Crippen LogP contribution in [0.15, 0.2) is 33.2 Å². The van der Waals surface area contributed by atoms with Gasteiger partial charge >= 0.3 is 5.97 Å². The number of furan rings is 1. The standard InChI is InChI=1S/C18H21BrO4/c1-10-8-12(19)9-13(18(3,4)5)16(10)22-11(2)14-6-7-15(23-14)17(20)21/h6-9,11H,1-5H3,(H,20,21). The molecule has 1 unspecified atom stereocenters. The third kappa shape index (κ3) is 3.96. The van der Waals surface area contributed by atoms with Crippen molar-refractivity contribution in [1.29, 1.82) is 0 Å². The maximum absolute atomic E-state index is 10.9. The van der Waals surface area contributed by atoms with Crippen LogP contribution in [0.2, 0.25) is 0 Å². The molecule has 2 aromatic rings. The Hall–Kier alpha value is -1.75. The number of aryl methyl sites for hydroxylation is 1. The van der Waals surface area contributed by atoms with Gasteiger partial charge in [-0.2, -0.15) is 0 Å². The topological polar surface area (TPSA) is 59.7 Å². The first-order valence-corrected chi connectivity index (χ1v) is 8.19. The van der Waals surface area contributed by atoms with E-state index in [1.165, 1.54) is 6.07 Å². The third-order valence-electron chi connectivity index (χ3n) is 3.58. The molecule has 0 radical (unpaired) electrons. The molecule has 2 rings (SSSR count). The van der Waals surface area contributed by atoms with Crippen molar-refractivity contribution in [1.82, 2.24) is 0 Å². The Morgan fingerprint density at radius 3 is 2.48 bits per heavy atom. The van der Waals surface area contributed by atoms with Crippen LogP contribution in [-0.4, -0.2) is 11.1 Å². The molecule has 1 aromatic heterocycles. The highest BCUT2D eigenvalue weighted by molar-refractivity contribution is 9.10. The Balaban J connectivity index is 2.37. The highest BCUT2D eigenvalue weighted by Gasteiger charge is 2.24. The van der Waals surface area contributed by atoms with Gasteiger partial charge in [-0.05, 0) is 49.1 Å². The molecule has 1 atom stereocenters. The summed E-state index contributed by atoms with van der Waals surface area (Å²) in [6, 6.07) is 7.14. The van der Waals surface area contributed by atoms with Gasteiger partial charge in [0.2, 0.25) is 5.76 Å². The lowest BCUT2D eigenvalue weighted by atomic mass is 9.85. The first-order chi connectivity index (χ1) is 10.6. The van der Waals surface area contributed by atoms with Crippen LogP contribution in [0.4, 0.5) is 0 Å². The fourth-order valence-electron chi connectivity index (χ4n) is 2.36. The zero-order valence-electron chi connectivity index (χ0n) is 13.9. The number of halogens is 1. The van der Waals surface area contributed by atoms with Crippen LogP contribution >= 0.6 is 15.9 Å². The lowest BCUT2D eigenvalue weighted by molar-refractivity contribution is 0.0655. The predicted molar refractivity (Wildman–Crippen MR) is 92.3 cm³/mol. The monoisotopic (exact) mass is 380 g/mol. The molecule has 0 bridgehead atoms. The molecule has 0 aliphatic rings. The third-order valence-corrected chi connectivity index (χ3v) is 4.04. The summed E-state index contributed by atoms with van der Waals surface area (Å²) in [7, 11) is 0. The van der Waals surface area contributed by atoms with Crippen LogP contribution in [0.3, 0.4) is 0 Å². The Labute approximate surface area is 144 Å². The highest BCUT2D eigenvalue weighted by atomic mass is 79.9. The minimum atomic E-state index is -1.08. The molecule has 0 amide bonds. The summed E-state index contributed by atoms with van der Waals surface area (Å²) in [5.74, 6) is 0.128. The SMILES string of the molecule is Cc1cc(Br)cc(C(C)(C)C)c1OC(C)c1ccc(C(=O)O)o1. The van der Waals surface area contributed by atoms with Crippen LogP contribution in [-0.2, 0) is 5.41 Å². The van der Waals surface area contributed by atoms with Gasteiger partial charge in [-0.15, -0.1) is 0 Å². The van der Waals surface area contributed by atoms with Crippen molar-refractivity contribution in [3.8, 4) is 5.75 Å². The van der Waals surface area contributed by atoms with Gasteiger partial charge < -0.3 is 14.3 Å². The smallest absolute Gasteiger partial charge is 0.371 e. The van der Waals surface area contributed by atoms with E-state index >= 15 is 0 Å². The zero-order chi connectivity index (χ0) is 17.4. The predicted octanol–water partition coefficient (Wildman–Crippen LogP) is 5.49. The van der Waals surface area contributed by atoms with Crippen LogP contribution in [0, 0.1) is 6.92 Å². The second-order valence-electron chi connectivity index (χ2n) is 6.62. The van der Waals surface area contributed by atoms with E-state index in [1.807, 2.05) is 19.9 Å². The Morgan fingerprint density at radius 2 is 1.96 bits per heavy atom. The van der Waals surface area contributed by atoms with Crippen molar-refractivity contribution in [2.45, 2.75) is 46.1 Å². The van der Waals surface area contributed by atoms with E-state index in [1.54, 1.807) is 6.07 Å². The molecule has 0 aliphatic carbocycles. The normalized spacial score (nSPS) is 13.0. The average molecular weight is 381 g/mol. The molecule has 0 fully saturated rings. The van der Waals surface area contributed by atoms with Crippen molar-refractivity contribution in [2.75, 3.05) is 0 Å². The van der Waals surface area contributed by atoms with E-state index in [-0.39, 0.29) is 17.3 Å². The van der Waals surface area contributed by atoms with Gasteiger partial charge in [0.25, 0.3) is 0 Å². The second-order valence-corrected chi connectivity index (χ2v) is 7.53. The summed E-state index contributed by atoms with van der Waals surface area (Å²) in [4.78, 5) is 10.9. The van der Waals surface area contributed by atoms with Crippen molar-refractivity contribution in [3.05, 3.63) is 51.4 Å². The number of hydrogen-bond donors (Lipinski definition) is 1. The zero-order valence-corrected chi connectivity index (χ0v) is 15.5. The minimum Gasteiger partial charge on any atom is -0.482 e. The summed E-state index contributed by atoms with van der Waals surface area (Å²) in [6.45, 7) is 10.2. The molecule has 1 heterocycles. The van der Waals surface area contributed by atoms with Gasteiger partial charge in [-0.25, -0.2) is 4.79 Å². The van der Waals surface area contributed by atoms with Gasteiger partial charge in [0.15, 0.2) is 6.10 Å². The Kier molecular flexibility index (Phi) is 4.90. The number of carbonyl (C=O) groups is 1. The first kappa shape index (κ1) is 17.6. The van der Waals surface area contributed by atoms with Crippen molar-refractivity contribution in [2.24, 2.45) is 0 Å². The molecule has 0 aliphatic heterocycles. The number of ether oxygens (including phenoxy) is 1. The van der Waals surface area contributed by atoms with Gasteiger partial charge in [0.1, 0.15) is 11.5 Å². The molecule has 0 spiro atoms. The molecular weight excluding hydrogens is 360 g/mol. The Morgan fingerprint density at radius 1 is 1.30 bits per heavy atom. The van der Waals surface area contributed by atoms with E-state index in [4.69, 9.17) is 14.3 Å². The highest BCUT2D eigenvalue weighted by Crippen LogP contribution is 2.38. The van der Waals surface area contributed by atoms with E-state index in [0.717, 1.165) is 21.3 Å². The number of carboxylic acid groups (broad SMARTS) is 1. The molecule has 23 heavy (non-hydrogen) atoms. The number of aromatic carboxylic acids is 1. The largest absolute Gasteiger partial charge is 0.482 e. The summed E-state index contributed by atoms with van der Waals surface area (Å²) < 4.78 is 12.5. The second kappa shape index (κ2) is 6.40. The maximum Gasteiger partial charge on any atom is 0.371 e. The van der Waals surface area contributed by atoms with Crippen molar-refractivity contribution in [3.63, 3.8) is 0 Å². The van der Waals surface area contributed by atoms with Crippen LogP contribution in [0.1, 0.15) is 61.2 Å². The first-order valence-electron chi connectivity index (χ1n) is 7.40. The summed E-state index contributed by atoms with van der Waals surface area (Å²) >= 11 is 3.53. The fourth-order valence-corrected chi connectivity index (χ4v) is 2.94. The fraction of sp³-hybridized carbons (Fsp3) is 0.389. The van der Waals surface area contributed by atoms with E-state index in [9.17, 15) is 4.79 Å². The Bertz CT molecular complexity index is 725. The maximum atomic E-state index is 10.9. The molecule has 0 saturated heterocycles. The van der Waals surface area contributed by atoms with Crippen LogP contribution in [0.5, 0.6) is 5.75 Å². The molecule has 0 saturated carbocycles. The molecule has 1 N–H and O–H groups in total. The van der Waals surface area contributed by atoms with Gasteiger partial charge in [-0.3, -0.25) is 0 Å². The quantitative estimate of drug-likeness (QED) is 0.761. The lowest BCUT2D eigenvalue weighted by Crippen LogP contribution is -2.15. The number of hydrogen-bond acceptors (Lipinski definition) is 3. The molecule has 4 nitrogen and oxygen atoms in total. The molecule has 124 valence electrons. The van der Waals surface area contributed by atoms with Crippen molar-refractivity contribution >= 4 is 21.9 Å². The van der Waals surface area contributed by atoms with Crippen LogP contribution in [0.25, 0.3) is 0 Å². The summed E-state index contributed by atoms with van der Waals surface area (Å²) in [6.07, 6.45) is -0.385. The molecule has 1 aromatic carbocycles. The molecular formula is C18H21BrO4. The minimum absolute atomic E-state index is 0.0842. The average Bonchev–Trinajstić information content (AvgIpc) is 2.90. The van der Waals surface area contributed by atoms with Crippen LogP contribution < -0.4 is 4.74 Å².